The number of aromatic nitrogens is 1. The van der Waals surface area contributed by atoms with E-state index in [1.54, 1.807) is 6.07 Å². The summed E-state index contributed by atoms with van der Waals surface area (Å²) in [5.74, 6) is 1.54. The lowest BCUT2D eigenvalue weighted by Crippen LogP contribution is -2.34. The molecule has 0 aliphatic heterocycles. The quantitative estimate of drug-likeness (QED) is 0.712. The van der Waals surface area contributed by atoms with Crippen molar-refractivity contribution < 1.29 is 0 Å². The summed E-state index contributed by atoms with van der Waals surface area (Å²) in [5.41, 5.74) is 0. The average molecular weight is 318 g/mol. The van der Waals surface area contributed by atoms with Crippen molar-refractivity contribution in [2.75, 3.05) is 23.3 Å². The standard InChI is InChI=1S/C15H25Cl2N3/c1-5-8-9-20(11(4)6-2)15-13(17)10-12(16)14(19-15)18-7-3/h10-11H,5-9H2,1-4H3,(H,18,19). The largest absolute Gasteiger partial charge is 0.369 e. The van der Waals surface area contributed by atoms with Gasteiger partial charge in [-0.15, -0.1) is 0 Å². The van der Waals surface area contributed by atoms with Crippen LogP contribution in [0.1, 0.15) is 47.0 Å². The van der Waals surface area contributed by atoms with Gasteiger partial charge in [0.05, 0.1) is 10.0 Å². The Hall–Kier alpha value is -0.670. The molecule has 1 unspecified atom stereocenters. The summed E-state index contributed by atoms with van der Waals surface area (Å²) < 4.78 is 0. The van der Waals surface area contributed by atoms with Crippen molar-refractivity contribution in [1.29, 1.82) is 0 Å². The summed E-state index contributed by atoms with van der Waals surface area (Å²) in [4.78, 5) is 6.92. The van der Waals surface area contributed by atoms with Gasteiger partial charge in [-0.05, 0) is 32.8 Å². The Bertz CT molecular complexity index is 424. The fourth-order valence-corrected chi connectivity index (χ4v) is 2.57. The lowest BCUT2D eigenvalue weighted by molar-refractivity contribution is 0.590. The zero-order valence-corrected chi connectivity index (χ0v) is 14.4. The number of hydrogen-bond donors (Lipinski definition) is 1. The maximum atomic E-state index is 6.36. The minimum absolute atomic E-state index is 0.405. The van der Waals surface area contributed by atoms with E-state index in [9.17, 15) is 0 Å². The fourth-order valence-electron chi connectivity index (χ4n) is 2.03. The van der Waals surface area contributed by atoms with E-state index in [0.29, 0.717) is 21.9 Å². The van der Waals surface area contributed by atoms with E-state index < -0.39 is 0 Å². The molecule has 1 N–H and O–H groups in total. The molecule has 0 amide bonds. The van der Waals surface area contributed by atoms with Crippen molar-refractivity contribution in [2.24, 2.45) is 0 Å². The molecule has 1 atom stereocenters. The predicted molar refractivity (Wildman–Crippen MR) is 90.4 cm³/mol. The molecule has 3 nitrogen and oxygen atoms in total. The Kier molecular flexibility index (Phi) is 7.46. The second-order valence-electron chi connectivity index (χ2n) is 4.96. The minimum Gasteiger partial charge on any atom is -0.369 e. The van der Waals surface area contributed by atoms with Crippen molar-refractivity contribution in [1.82, 2.24) is 4.98 Å². The molecular formula is C15H25Cl2N3. The molecule has 0 spiro atoms. The molecule has 114 valence electrons. The first-order valence-electron chi connectivity index (χ1n) is 7.41. The Morgan fingerprint density at radius 1 is 1.25 bits per heavy atom. The average Bonchev–Trinajstić information content (AvgIpc) is 2.43. The van der Waals surface area contributed by atoms with E-state index >= 15 is 0 Å². The van der Waals surface area contributed by atoms with E-state index in [2.05, 4.69) is 36.0 Å². The van der Waals surface area contributed by atoms with Gasteiger partial charge >= 0.3 is 0 Å². The molecule has 5 heteroatoms. The zero-order chi connectivity index (χ0) is 15.1. The number of rotatable bonds is 8. The molecule has 0 aromatic carbocycles. The number of nitrogens with zero attached hydrogens (tertiary/aromatic N) is 2. The van der Waals surface area contributed by atoms with Crippen LogP contribution in [0, 0.1) is 0 Å². The molecule has 1 rings (SSSR count). The molecule has 0 saturated carbocycles. The van der Waals surface area contributed by atoms with Gasteiger partial charge in [0.15, 0.2) is 0 Å². The molecule has 1 aromatic rings. The van der Waals surface area contributed by atoms with Gasteiger partial charge in [-0.2, -0.15) is 0 Å². The highest BCUT2D eigenvalue weighted by atomic mass is 35.5. The van der Waals surface area contributed by atoms with Gasteiger partial charge < -0.3 is 10.2 Å². The number of anilines is 2. The Morgan fingerprint density at radius 2 is 1.95 bits per heavy atom. The van der Waals surface area contributed by atoms with E-state index in [0.717, 1.165) is 38.2 Å². The summed E-state index contributed by atoms with van der Waals surface area (Å²) in [5, 5.41) is 4.37. The van der Waals surface area contributed by atoms with Crippen LogP contribution in [0.2, 0.25) is 10.0 Å². The molecular weight excluding hydrogens is 293 g/mol. The van der Waals surface area contributed by atoms with Gasteiger partial charge in [-0.25, -0.2) is 4.98 Å². The van der Waals surface area contributed by atoms with Gasteiger partial charge in [0.25, 0.3) is 0 Å². The first kappa shape index (κ1) is 17.4. The van der Waals surface area contributed by atoms with Gasteiger partial charge in [0.2, 0.25) is 0 Å². The number of pyridine rings is 1. The second kappa shape index (κ2) is 8.58. The van der Waals surface area contributed by atoms with Crippen molar-refractivity contribution in [3.05, 3.63) is 16.1 Å². The molecule has 0 bridgehead atoms. The van der Waals surface area contributed by atoms with Gasteiger partial charge in [-0.3, -0.25) is 0 Å². The number of hydrogen-bond acceptors (Lipinski definition) is 3. The van der Waals surface area contributed by atoms with Crippen LogP contribution in [-0.4, -0.2) is 24.1 Å². The highest BCUT2D eigenvalue weighted by molar-refractivity contribution is 6.37. The monoisotopic (exact) mass is 317 g/mol. The minimum atomic E-state index is 0.405. The SMILES string of the molecule is CCCCN(c1nc(NCC)c(Cl)cc1Cl)C(C)CC. The zero-order valence-electron chi connectivity index (χ0n) is 12.8. The van der Waals surface area contributed by atoms with Crippen LogP contribution >= 0.6 is 23.2 Å². The Balaban J connectivity index is 3.13. The van der Waals surface area contributed by atoms with Crippen LogP contribution in [0.3, 0.4) is 0 Å². The number of unbranched alkanes of at least 4 members (excludes halogenated alkanes) is 1. The molecule has 0 aliphatic carbocycles. The van der Waals surface area contributed by atoms with Crippen LogP contribution in [0.4, 0.5) is 11.6 Å². The summed E-state index contributed by atoms with van der Waals surface area (Å²) >= 11 is 12.5. The van der Waals surface area contributed by atoms with Crippen LogP contribution in [-0.2, 0) is 0 Å². The van der Waals surface area contributed by atoms with E-state index in [-0.39, 0.29) is 0 Å². The van der Waals surface area contributed by atoms with Gasteiger partial charge in [0.1, 0.15) is 11.6 Å². The van der Waals surface area contributed by atoms with Crippen LogP contribution in [0.15, 0.2) is 6.07 Å². The van der Waals surface area contributed by atoms with E-state index in [1.807, 2.05) is 6.92 Å². The van der Waals surface area contributed by atoms with Crippen molar-refractivity contribution in [3.63, 3.8) is 0 Å². The van der Waals surface area contributed by atoms with Crippen molar-refractivity contribution in [3.8, 4) is 0 Å². The Labute approximate surface area is 132 Å². The van der Waals surface area contributed by atoms with Gasteiger partial charge in [-0.1, -0.05) is 43.5 Å². The smallest absolute Gasteiger partial charge is 0.150 e. The third kappa shape index (κ3) is 4.42. The third-order valence-electron chi connectivity index (χ3n) is 3.40. The number of nitrogens with one attached hydrogen (secondary N) is 1. The Morgan fingerprint density at radius 3 is 2.50 bits per heavy atom. The van der Waals surface area contributed by atoms with E-state index in [4.69, 9.17) is 23.2 Å². The van der Waals surface area contributed by atoms with Crippen LogP contribution < -0.4 is 10.2 Å². The lowest BCUT2D eigenvalue weighted by Gasteiger charge is -2.31. The first-order valence-corrected chi connectivity index (χ1v) is 8.17. The topological polar surface area (TPSA) is 28.2 Å². The van der Waals surface area contributed by atoms with Crippen LogP contribution in [0.5, 0.6) is 0 Å². The summed E-state index contributed by atoms with van der Waals surface area (Å²) in [6.45, 7) is 10.3. The molecule has 0 fully saturated rings. The van der Waals surface area contributed by atoms with Gasteiger partial charge in [0, 0.05) is 19.1 Å². The molecule has 1 heterocycles. The normalized spacial score (nSPS) is 12.3. The molecule has 0 saturated heterocycles. The van der Waals surface area contributed by atoms with Crippen LogP contribution in [0.25, 0.3) is 0 Å². The highest BCUT2D eigenvalue weighted by Crippen LogP contribution is 2.33. The summed E-state index contributed by atoms with van der Waals surface area (Å²) in [6.07, 6.45) is 3.33. The molecule has 20 heavy (non-hydrogen) atoms. The summed E-state index contributed by atoms with van der Waals surface area (Å²) in [6, 6.07) is 2.19. The molecule has 1 aromatic heterocycles. The predicted octanol–water partition coefficient (Wildman–Crippen LogP) is 5.23. The maximum Gasteiger partial charge on any atom is 0.150 e. The number of halogens is 2. The highest BCUT2D eigenvalue weighted by Gasteiger charge is 2.19. The summed E-state index contributed by atoms with van der Waals surface area (Å²) in [7, 11) is 0. The fraction of sp³-hybridized carbons (Fsp3) is 0.667. The van der Waals surface area contributed by atoms with Crippen molar-refractivity contribution in [2.45, 2.75) is 53.0 Å². The van der Waals surface area contributed by atoms with E-state index in [1.165, 1.54) is 0 Å². The lowest BCUT2D eigenvalue weighted by atomic mass is 10.2. The second-order valence-corrected chi connectivity index (χ2v) is 5.77. The molecule has 0 radical (unpaired) electrons. The maximum absolute atomic E-state index is 6.36. The first-order chi connectivity index (χ1) is 9.54. The van der Waals surface area contributed by atoms with Crippen molar-refractivity contribution >= 4 is 34.8 Å². The molecule has 0 aliphatic rings. The third-order valence-corrected chi connectivity index (χ3v) is 3.97.